The van der Waals surface area contributed by atoms with E-state index in [1.165, 1.54) is 69.5 Å². The van der Waals surface area contributed by atoms with E-state index in [4.69, 9.17) is 4.74 Å². The number of hydrogen-bond donors (Lipinski definition) is 0. The van der Waals surface area contributed by atoms with Gasteiger partial charge in [0.05, 0.1) is 13.2 Å². The van der Waals surface area contributed by atoms with Gasteiger partial charge in [-0.2, -0.15) is 0 Å². The van der Waals surface area contributed by atoms with Gasteiger partial charge in [-0.1, -0.05) is 76.5 Å². The van der Waals surface area contributed by atoms with Crippen LogP contribution in [0.3, 0.4) is 0 Å². The molecule has 1 heterocycles. The van der Waals surface area contributed by atoms with Crippen LogP contribution in [0.1, 0.15) is 91.8 Å². The summed E-state index contributed by atoms with van der Waals surface area (Å²) < 4.78 is 5.29. The molecule has 0 spiro atoms. The number of carbonyl (C=O) groups is 2. The van der Waals surface area contributed by atoms with Crippen LogP contribution >= 0.6 is 11.8 Å². The fraction of sp³-hybridized carbons (Fsp3) is 0.667. The first-order valence-corrected chi connectivity index (χ1v) is 12.3. The minimum atomic E-state index is 0.0188. The van der Waals surface area contributed by atoms with E-state index in [1.54, 1.807) is 29.2 Å². The Labute approximate surface area is 180 Å². The molecule has 2 rings (SSSR count). The first-order valence-electron chi connectivity index (χ1n) is 11.4. The third-order valence-corrected chi connectivity index (χ3v) is 6.39. The number of carbonyl (C=O) groups excluding carboxylic acids is 2. The summed E-state index contributed by atoms with van der Waals surface area (Å²) in [5, 5.41) is 0.103. The smallest absolute Gasteiger partial charge is 0.254 e. The van der Waals surface area contributed by atoms with Crippen LogP contribution in [0.5, 0.6) is 0 Å². The zero-order valence-electron chi connectivity index (χ0n) is 18.0. The van der Waals surface area contributed by atoms with Crippen molar-refractivity contribution in [1.82, 2.24) is 4.90 Å². The van der Waals surface area contributed by atoms with Crippen LogP contribution < -0.4 is 0 Å². The number of unbranched alkanes of at least 4 members (excludes halogenated alkanes) is 9. The van der Waals surface area contributed by atoms with Crippen molar-refractivity contribution in [2.75, 3.05) is 32.1 Å². The van der Waals surface area contributed by atoms with Crippen LogP contribution in [0, 0.1) is 0 Å². The highest BCUT2D eigenvalue weighted by molar-refractivity contribution is 8.14. The number of nitrogens with zero attached hydrogens (tertiary/aromatic N) is 1. The second kappa shape index (κ2) is 14.6. The molecule has 0 radical (unpaired) electrons. The van der Waals surface area contributed by atoms with Crippen molar-refractivity contribution in [2.45, 2.75) is 71.1 Å². The average Bonchev–Trinajstić information content (AvgIpc) is 2.77. The summed E-state index contributed by atoms with van der Waals surface area (Å²) >= 11 is 1.40. The molecule has 1 fully saturated rings. The Morgan fingerprint density at radius 2 is 1.34 bits per heavy atom. The average molecular weight is 420 g/mol. The van der Waals surface area contributed by atoms with Crippen LogP contribution in [0.2, 0.25) is 0 Å². The highest BCUT2D eigenvalue weighted by atomic mass is 32.2. The molecular weight excluding hydrogens is 382 g/mol. The highest BCUT2D eigenvalue weighted by Crippen LogP contribution is 2.17. The molecule has 1 aliphatic rings. The quantitative estimate of drug-likeness (QED) is 0.370. The molecule has 1 amide bonds. The molecule has 0 aliphatic carbocycles. The lowest BCUT2D eigenvalue weighted by Gasteiger charge is -2.26. The predicted molar refractivity (Wildman–Crippen MR) is 122 cm³/mol. The molecule has 5 heteroatoms. The lowest BCUT2D eigenvalue weighted by Crippen LogP contribution is -2.40. The maximum atomic E-state index is 12.4. The van der Waals surface area contributed by atoms with Crippen LogP contribution in [-0.4, -0.2) is 48.0 Å². The second-order valence-electron chi connectivity index (χ2n) is 7.80. The van der Waals surface area contributed by atoms with Gasteiger partial charge in [-0.15, -0.1) is 0 Å². The molecule has 29 heavy (non-hydrogen) atoms. The molecule has 0 N–H and O–H groups in total. The number of rotatable bonds is 13. The molecule has 1 aliphatic heterocycles. The third-order valence-electron chi connectivity index (χ3n) is 5.40. The van der Waals surface area contributed by atoms with Crippen LogP contribution in [-0.2, 0) is 4.74 Å². The van der Waals surface area contributed by atoms with Crippen LogP contribution in [0.15, 0.2) is 24.3 Å². The predicted octanol–water partition coefficient (Wildman–Crippen LogP) is 5.95. The third kappa shape index (κ3) is 9.35. The van der Waals surface area contributed by atoms with E-state index in [0.29, 0.717) is 37.4 Å². The number of morpholine rings is 1. The van der Waals surface area contributed by atoms with Gasteiger partial charge in [-0.3, -0.25) is 9.59 Å². The van der Waals surface area contributed by atoms with Gasteiger partial charge >= 0.3 is 0 Å². The molecule has 1 aromatic rings. The summed E-state index contributed by atoms with van der Waals surface area (Å²) in [6.07, 6.45) is 13.1. The van der Waals surface area contributed by atoms with E-state index in [0.717, 1.165) is 12.2 Å². The number of amides is 1. The van der Waals surface area contributed by atoms with Crippen LogP contribution in [0.4, 0.5) is 0 Å². The van der Waals surface area contributed by atoms with Gasteiger partial charge in [-0.05, 0) is 30.7 Å². The van der Waals surface area contributed by atoms with Gasteiger partial charge in [-0.25, -0.2) is 0 Å². The Bertz CT molecular complexity index is 597. The Morgan fingerprint density at radius 3 is 1.93 bits per heavy atom. The lowest BCUT2D eigenvalue weighted by molar-refractivity contribution is 0.0303. The zero-order chi connectivity index (χ0) is 20.7. The van der Waals surface area contributed by atoms with E-state index >= 15 is 0 Å². The summed E-state index contributed by atoms with van der Waals surface area (Å²) in [5.74, 6) is 0.898. The van der Waals surface area contributed by atoms with E-state index in [-0.39, 0.29) is 11.0 Å². The minimum Gasteiger partial charge on any atom is -0.378 e. The summed E-state index contributed by atoms with van der Waals surface area (Å²) in [6, 6.07) is 7.10. The normalized spacial score (nSPS) is 14.2. The van der Waals surface area contributed by atoms with Crippen molar-refractivity contribution in [1.29, 1.82) is 0 Å². The molecular formula is C24H37NO3S. The van der Waals surface area contributed by atoms with Crippen molar-refractivity contribution in [3.8, 4) is 0 Å². The molecule has 1 aromatic carbocycles. The van der Waals surface area contributed by atoms with Crippen molar-refractivity contribution in [3.63, 3.8) is 0 Å². The molecule has 1 saturated heterocycles. The maximum Gasteiger partial charge on any atom is 0.254 e. The van der Waals surface area contributed by atoms with Crippen molar-refractivity contribution in [2.24, 2.45) is 0 Å². The Kier molecular flexibility index (Phi) is 12.1. The van der Waals surface area contributed by atoms with Gasteiger partial charge in [0.15, 0.2) is 0 Å². The maximum absolute atomic E-state index is 12.4. The standard InChI is InChI=1S/C24H37NO3S/c1-2-3-4-5-6-7-8-9-10-11-20-29-24(27)22-14-12-21(13-15-22)23(26)25-16-18-28-19-17-25/h12-15H,2-11,16-20H2,1H3. The summed E-state index contributed by atoms with van der Waals surface area (Å²) in [6.45, 7) is 4.71. The SMILES string of the molecule is CCCCCCCCCCCCSC(=O)c1ccc(C(=O)N2CCOCC2)cc1. The summed E-state index contributed by atoms with van der Waals surface area (Å²) in [4.78, 5) is 26.6. The number of hydrogen-bond acceptors (Lipinski definition) is 4. The van der Waals surface area contributed by atoms with E-state index in [2.05, 4.69) is 6.92 Å². The Hall–Kier alpha value is -1.33. The van der Waals surface area contributed by atoms with E-state index < -0.39 is 0 Å². The van der Waals surface area contributed by atoms with E-state index in [1.807, 2.05) is 0 Å². The molecule has 0 bridgehead atoms. The Balaban J connectivity index is 1.56. The van der Waals surface area contributed by atoms with Gasteiger partial charge in [0, 0.05) is 30.0 Å². The molecule has 0 atom stereocenters. The fourth-order valence-corrected chi connectivity index (χ4v) is 4.37. The highest BCUT2D eigenvalue weighted by Gasteiger charge is 2.18. The first kappa shape index (κ1) is 23.9. The topological polar surface area (TPSA) is 46.6 Å². The number of benzene rings is 1. The molecule has 0 unspecified atom stereocenters. The molecule has 162 valence electrons. The minimum absolute atomic E-state index is 0.0188. The second-order valence-corrected chi connectivity index (χ2v) is 8.87. The van der Waals surface area contributed by atoms with Crippen LogP contribution in [0.25, 0.3) is 0 Å². The van der Waals surface area contributed by atoms with E-state index in [9.17, 15) is 9.59 Å². The Morgan fingerprint density at radius 1 is 0.828 bits per heavy atom. The summed E-state index contributed by atoms with van der Waals surface area (Å²) in [5.41, 5.74) is 1.32. The monoisotopic (exact) mass is 419 g/mol. The molecule has 0 saturated carbocycles. The number of ether oxygens (including phenoxy) is 1. The zero-order valence-corrected chi connectivity index (χ0v) is 18.8. The van der Waals surface area contributed by atoms with Crippen molar-refractivity contribution < 1.29 is 14.3 Å². The number of thioether (sulfide) groups is 1. The molecule has 0 aromatic heterocycles. The van der Waals surface area contributed by atoms with Crippen molar-refractivity contribution >= 4 is 22.8 Å². The van der Waals surface area contributed by atoms with Gasteiger partial charge in [0.25, 0.3) is 5.91 Å². The first-order chi connectivity index (χ1) is 14.2. The fourth-order valence-electron chi connectivity index (χ4n) is 3.54. The van der Waals surface area contributed by atoms with Gasteiger partial charge in [0.2, 0.25) is 5.12 Å². The largest absolute Gasteiger partial charge is 0.378 e. The summed E-state index contributed by atoms with van der Waals surface area (Å²) in [7, 11) is 0. The molecule has 4 nitrogen and oxygen atoms in total. The van der Waals surface area contributed by atoms with Crippen molar-refractivity contribution in [3.05, 3.63) is 35.4 Å². The lowest BCUT2D eigenvalue weighted by atomic mass is 10.1. The van der Waals surface area contributed by atoms with Gasteiger partial charge < -0.3 is 9.64 Å². The van der Waals surface area contributed by atoms with Gasteiger partial charge in [0.1, 0.15) is 0 Å².